The van der Waals surface area contributed by atoms with Crippen molar-refractivity contribution in [2.24, 2.45) is 5.41 Å². The Balaban J connectivity index is 1.28. The van der Waals surface area contributed by atoms with Crippen molar-refractivity contribution in [1.82, 2.24) is 4.90 Å². The van der Waals surface area contributed by atoms with Gasteiger partial charge in [0.1, 0.15) is 5.58 Å². The maximum absolute atomic E-state index is 13.1. The summed E-state index contributed by atoms with van der Waals surface area (Å²) >= 11 is 6.62. The third-order valence-corrected chi connectivity index (χ3v) is 7.13. The smallest absolute Gasteiger partial charge is 0.344 e. The molecule has 4 aromatic rings. The first-order valence-electron chi connectivity index (χ1n) is 12.9. The summed E-state index contributed by atoms with van der Waals surface area (Å²) in [5, 5.41) is 4.22. The Morgan fingerprint density at radius 1 is 0.897 bits per heavy atom. The van der Waals surface area contributed by atoms with Gasteiger partial charge in [-0.1, -0.05) is 62.7 Å². The number of hydrogen-bond donors (Lipinski definition) is 1. The molecule has 0 bridgehead atoms. The first kappa shape index (κ1) is 26.5. The minimum absolute atomic E-state index is 0.150. The zero-order valence-electron chi connectivity index (χ0n) is 22.2. The largest absolute Gasteiger partial charge is 0.422 e. The fourth-order valence-corrected chi connectivity index (χ4v) is 5.06. The number of nitrogens with zero attached hydrogens (tertiary/aromatic N) is 2. The lowest BCUT2D eigenvalue weighted by atomic mass is 9.94. The van der Waals surface area contributed by atoms with Crippen LogP contribution in [0.3, 0.4) is 0 Å². The minimum atomic E-state index is -0.461. The first-order valence-corrected chi connectivity index (χ1v) is 13.3. The van der Waals surface area contributed by atoms with Gasteiger partial charge in [0.05, 0.1) is 16.3 Å². The predicted octanol–water partition coefficient (Wildman–Crippen LogP) is 6.06. The molecule has 1 N–H and O–H groups in total. The molecule has 2 amide bonds. The van der Waals surface area contributed by atoms with E-state index in [2.05, 4.69) is 10.2 Å². The summed E-state index contributed by atoms with van der Waals surface area (Å²) in [7, 11) is 0. The van der Waals surface area contributed by atoms with Crippen molar-refractivity contribution in [2.45, 2.75) is 20.8 Å². The molecule has 5 rings (SSSR count). The highest BCUT2D eigenvalue weighted by Crippen LogP contribution is 2.31. The van der Waals surface area contributed by atoms with E-state index >= 15 is 0 Å². The van der Waals surface area contributed by atoms with E-state index in [4.69, 9.17) is 16.0 Å². The molecule has 1 fully saturated rings. The second-order valence-electron chi connectivity index (χ2n) is 10.7. The van der Waals surface area contributed by atoms with Crippen LogP contribution in [-0.4, -0.2) is 42.9 Å². The van der Waals surface area contributed by atoms with Gasteiger partial charge in [-0.25, -0.2) is 4.79 Å². The van der Waals surface area contributed by atoms with Crippen molar-refractivity contribution in [2.75, 3.05) is 36.4 Å². The van der Waals surface area contributed by atoms with Gasteiger partial charge in [0.2, 0.25) is 5.91 Å². The number of carbonyl (C=O) groups excluding carboxylic acids is 2. The van der Waals surface area contributed by atoms with E-state index in [-0.39, 0.29) is 11.8 Å². The van der Waals surface area contributed by atoms with E-state index in [0.717, 1.165) is 11.1 Å². The van der Waals surface area contributed by atoms with Crippen molar-refractivity contribution in [3.05, 3.63) is 93.8 Å². The van der Waals surface area contributed by atoms with Crippen LogP contribution in [0.15, 0.2) is 82.0 Å². The summed E-state index contributed by atoms with van der Waals surface area (Å²) in [4.78, 5) is 42.3. The van der Waals surface area contributed by atoms with Crippen molar-refractivity contribution in [1.29, 1.82) is 0 Å². The highest BCUT2D eigenvalue weighted by atomic mass is 35.5. The predicted molar refractivity (Wildman–Crippen MR) is 156 cm³/mol. The van der Waals surface area contributed by atoms with Crippen LogP contribution in [0.4, 0.5) is 11.4 Å². The molecule has 2 heterocycles. The van der Waals surface area contributed by atoms with Crippen LogP contribution in [0.25, 0.3) is 22.1 Å². The average Bonchev–Trinajstić information content (AvgIpc) is 2.92. The summed E-state index contributed by atoms with van der Waals surface area (Å²) in [6.45, 7) is 8.44. The van der Waals surface area contributed by atoms with Gasteiger partial charge >= 0.3 is 5.63 Å². The lowest BCUT2D eigenvalue weighted by Gasteiger charge is -2.39. The van der Waals surface area contributed by atoms with Crippen LogP contribution in [0.5, 0.6) is 0 Å². The molecule has 8 heteroatoms. The summed E-state index contributed by atoms with van der Waals surface area (Å²) in [6, 6.07) is 21.4. The number of para-hydroxylation sites is 1. The van der Waals surface area contributed by atoms with Crippen LogP contribution in [0.1, 0.15) is 31.1 Å². The van der Waals surface area contributed by atoms with Gasteiger partial charge in [0, 0.05) is 48.2 Å². The molecular formula is C31H30ClN3O4. The lowest BCUT2D eigenvalue weighted by molar-refractivity contribution is -0.139. The Morgan fingerprint density at radius 2 is 1.64 bits per heavy atom. The zero-order chi connectivity index (χ0) is 27.7. The van der Waals surface area contributed by atoms with Gasteiger partial charge in [0.25, 0.3) is 5.91 Å². The van der Waals surface area contributed by atoms with Gasteiger partial charge in [-0.05, 0) is 48.0 Å². The third-order valence-electron chi connectivity index (χ3n) is 6.83. The molecule has 0 atom stereocenters. The molecule has 0 spiro atoms. The quantitative estimate of drug-likeness (QED) is 0.316. The second-order valence-corrected chi connectivity index (χ2v) is 11.1. The summed E-state index contributed by atoms with van der Waals surface area (Å²) < 4.78 is 5.46. The second kappa shape index (κ2) is 10.6. The summed E-state index contributed by atoms with van der Waals surface area (Å²) in [5.74, 6) is -0.169. The molecule has 7 nitrogen and oxygen atoms in total. The number of halogens is 1. The van der Waals surface area contributed by atoms with Gasteiger partial charge in [-0.2, -0.15) is 0 Å². The molecule has 3 aromatic carbocycles. The van der Waals surface area contributed by atoms with Crippen molar-refractivity contribution in [3.8, 4) is 11.1 Å². The lowest BCUT2D eigenvalue weighted by Crippen LogP contribution is -2.51. The van der Waals surface area contributed by atoms with E-state index in [0.29, 0.717) is 59.2 Å². The number of anilines is 2. The molecule has 1 aliphatic rings. The Kier molecular flexibility index (Phi) is 7.19. The third kappa shape index (κ3) is 5.68. The Hall–Kier alpha value is -4.10. The van der Waals surface area contributed by atoms with E-state index in [1.54, 1.807) is 42.5 Å². The van der Waals surface area contributed by atoms with Crippen LogP contribution in [0, 0.1) is 5.41 Å². The van der Waals surface area contributed by atoms with E-state index in [1.807, 2.05) is 56.0 Å². The van der Waals surface area contributed by atoms with Crippen molar-refractivity contribution < 1.29 is 14.0 Å². The summed E-state index contributed by atoms with van der Waals surface area (Å²) in [5.41, 5.74) is 2.47. The SMILES string of the molecule is CC(C)(C)C(=O)N1CCN(c2ccc(NC(=O)c3cccc(-c4cc5ccccc5oc4=O)c3)cc2Cl)CC1. The minimum Gasteiger partial charge on any atom is -0.422 e. The van der Waals surface area contributed by atoms with Crippen molar-refractivity contribution in [3.63, 3.8) is 0 Å². The molecule has 0 unspecified atom stereocenters. The molecule has 39 heavy (non-hydrogen) atoms. The fourth-order valence-electron chi connectivity index (χ4n) is 4.76. The van der Waals surface area contributed by atoms with Crippen LogP contribution in [-0.2, 0) is 4.79 Å². The number of hydrogen-bond acceptors (Lipinski definition) is 5. The molecule has 0 aliphatic carbocycles. The molecule has 0 saturated carbocycles. The van der Waals surface area contributed by atoms with Crippen LogP contribution >= 0.6 is 11.6 Å². The first-order chi connectivity index (χ1) is 18.6. The Labute approximate surface area is 232 Å². The number of amides is 2. The van der Waals surface area contributed by atoms with E-state index in [1.165, 1.54) is 0 Å². The summed E-state index contributed by atoms with van der Waals surface area (Å²) in [6.07, 6.45) is 0. The van der Waals surface area contributed by atoms with Crippen LogP contribution in [0.2, 0.25) is 5.02 Å². The van der Waals surface area contributed by atoms with Gasteiger partial charge in [-0.3, -0.25) is 9.59 Å². The number of fused-ring (bicyclic) bond motifs is 1. The number of piperazine rings is 1. The fraction of sp³-hybridized carbons (Fsp3) is 0.258. The topological polar surface area (TPSA) is 82.9 Å². The molecule has 0 radical (unpaired) electrons. The van der Waals surface area contributed by atoms with E-state index in [9.17, 15) is 14.4 Å². The number of nitrogens with one attached hydrogen (secondary N) is 1. The molecular weight excluding hydrogens is 514 g/mol. The molecule has 200 valence electrons. The Morgan fingerprint density at radius 3 is 2.36 bits per heavy atom. The average molecular weight is 544 g/mol. The van der Waals surface area contributed by atoms with Gasteiger partial charge < -0.3 is 19.5 Å². The van der Waals surface area contributed by atoms with E-state index < -0.39 is 11.0 Å². The number of rotatable bonds is 4. The highest BCUT2D eigenvalue weighted by molar-refractivity contribution is 6.33. The highest BCUT2D eigenvalue weighted by Gasteiger charge is 2.30. The maximum Gasteiger partial charge on any atom is 0.344 e. The van der Waals surface area contributed by atoms with Crippen LogP contribution < -0.4 is 15.8 Å². The maximum atomic E-state index is 13.1. The molecule has 1 aliphatic heterocycles. The van der Waals surface area contributed by atoms with Crippen molar-refractivity contribution >= 4 is 45.8 Å². The van der Waals surface area contributed by atoms with Gasteiger partial charge in [0.15, 0.2) is 0 Å². The molecule has 1 aromatic heterocycles. The standard InChI is InChI=1S/C31H30ClN3O4/c1-31(2,3)30(38)35-15-13-34(14-16-35)26-12-11-23(19-25(26)32)33-28(36)22-9-6-8-20(17-22)24-18-21-7-4-5-10-27(21)39-29(24)37/h4-12,17-19H,13-16H2,1-3H3,(H,33,36). The zero-order valence-corrected chi connectivity index (χ0v) is 22.9. The normalized spacial score (nSPS) is 13.9. The Bertz CT molecular complexity index is 1610. The number of carbonyl (C=O) groups is 2. The monoisotopic (exact) mass is 543 g/mol. The molecule has 1 saturated heterocycles. The van der Waals surface area contributed by atoms with Gasteiger partial charge in [-0.15, -0.1) is 0 Å². The number of benzene rings is 3.